The van der Waals surface area contributed by atoms with Gasteiger partial charge < -0.3 is 9.47 Å². The zero-order valence-corrected chi connectivity index (χ0v) is 8.47. The molecule has 1 aromatic carbocycles. The second-order valence-electron chi connectivity index (χ2n) is 3.42. The smallest absolute Gasteiger partial charge is 0.338 e. The molecule has 3 nitrogen and oxygen atoms in total. The summed E-state index contributed by atoms with van der Waals surface area (Å²) in [6.45, 7) is 5.38. The second kappa shape index (κ2) is 3.87. The van der Waals surface area contributed by atoms with Crippen molar-refractivity contribution >= 4 is 5.97 Å². The van der Waals surface area contributed by atoms with Crippen LogP contribution in [0.1, 0.15) is 18.6 Å². The van der Waals surface area contributed by atoms with E-state index in [1.54, 1.807) is 6.92 Å². The lowest BCUT2D eigenvalue weighted by molar-refractivity contribution is -0.195. The molecule has 0 aliphatic carbocycles. The van der Waals surface area contributed by atoms with Crippen LogP contribution < -0.4 is 0 Å². The summed E-state index contributed by atoms with van der Waals surface area (Å²) in [4.78, 5) is 11.4. The highest BCUT2D eigenvalue weighted by atomic mass is 16.7. The zero-order valence-electron chi connectivity index (χ0n) is 8.47. The molecule has 1 aliphatic rings. The maximum absolute atomic E-state index is 11.4. The highest BCUT2D eigenvalue weighted by molar-refractivity contribution is 5.89. The third-order valence-corrected chi connectivity index (χ3v) is 2.28. The number of hydrogen-bond acceptors (Lipinski definition) is 3. The fourth-order valence-electron chi connectivity index (χ4n) is 1.54. The van der Waals surface area contributed by atoms with E-state index in [2.05, 4.69) is 6.58 Å². The van der Waals surface area contributed by atoms with Gasteiger partial charge in [-0.15, -0.1) is 0 Å². The van der Waals surface area contributed by atoms with Gasteiger partial charge in [-0.3, -0.25) is 0 Å². The van der Waals surface area contributed by atoms with E-state index in [4.69, 9.17) is 9.47 Å². The maximum Gasteiger partial charge on any atom is 0.338 e. The van der Waals surface area contributed by atoms with Crippen LogP contribution in [0.25, 0.3) is 0 Å². The van der Waals surface area contributed by atoms with Crippen molar-refractivity contribution in [2.45, 2.75) is 19.3 Å². The van der Waals surface area contributed by atoms with Crippen LogP contribution in [0.5, 0.6) is 0 Å². The Hall–Kier alpha value is -1.61. The average molecular weight is 204 g/mol. The van der Waals surface area contributed by atoms with E-state index in [9.17, 15) is 4.79 Å². The minimum absolute atomic E-state index is 0.347. The fourth-order valence-corrected chi connectivity index (χ4v) is 1.54. The molecular formula is C12H12O3. The number of hydrogen-bond donors (Lipinski definition) is 0. The summed E-state index contributed by atoms with van der Waals surface area (Å²) < 4.78 is 10.4. The molecule has 0 amide bonds. The summed E-state index contributed by atoms with van der Waals surface area (Å²) in [5.74, 6) is -0.386. The maximum atomic E-state index is 11.4. The standard InChI is InChI=1S/C12H12O3/c1-8-11(10-6-4-3-5-7-10)14-9(2)15-12(8)13/h3-7,9,11H,1H2,2H3. The molecule has 2 unspecified atom stereocenters. The molecule has 1 saturated heterocycles. The van der Waals surface area contributed by atoms with Crippen LogP contribution in [-0.2, 0) is 14.3 Å². The van der Waals surface area contributed by atoms with Gasteiger partial charge in [-0.25, -0.2) is 4.79 Å². The number of carbonyl (C=O) groups excluding carboxylic acids is 1. The van der Waals surface area contributed by atoms with Gasteiger partial charge in [0.25, 0.3) is 0 Å². The van der Waals surface area contributed by atoms with E-state index in [-0.39, 0.29) is 12.1 Å². The molecule has 2 rings (SSSR count). The van der Waals surface area contributed by atoms with Gasteiger partial charge in [0.1, 0.15) is 6.10 Å². The minimum Gasteiger partial charge on any atom is -0.433 e. The third kappa shape index (κ3) is 1.92. The van der Waals surface area contributed by atoms with Gasteiger partial charge >= 0.3 is 5.97 Å². The highest BCUT2D eigenvalue weighted by Crippen LogP contribution is 2.31. The monoisotopic (exact) mass is 204 g/mol. The van der Waals surface area contributed by atoms with E-state index >= 15 is 0 Å². The van der Waals surface area contributed by atoms with Crippen LogP contribution in [0.15, 0.2) is 42.5 Å². The summed E-state index contributed by atoms with van der Waals surface area (Å²) >= 11 is 0. The van der Waals surface area contributed by atoms with Crippen LogP contribution in [0.2, 0.25) is 0 Å². The van der Waals surface area contributed by atoms with Crippen molar-refractivity contribution in [3.63, 3.8) is 0 Å². The van der Waals surface area contributed by atoms with Crippen LogP contribution in [0.3, 0.4) is 0 Å². The van der Waals surface area contributed by atoms with Gasteiger partial charge in [0.15, 0.2) is 0 Å². The fraction of sp³-hybridized carbons (Fsp3) is 0.250. The molecule has 2 atom stereocenters. The average Bonchev–Trinajstić information content (AvgIpc) is 2.24. The number of cyclic esters (lactones) is 1. The first-order chi connectivity index (χ1) is 7.18. The lowest BCUT2D eigenvalue weighted by Crippen LogP contribution is -2.30. The molecule has 0 N–H and O–H groups in total. The lowest BCUT2D eigenvalue weighted by atomic mass is 10.0. The largest absolute Gasteiger partial charge is 0.433 e. The predicted molar refractivity (Wildman–Crippen MR) is 55.0 cm³/mol. The zero-order chi connectivity index (χ0) is 10.8. The number of esters is 1. The number of rotatable bonds is 1. The molecule has 1 aromatic rings. The summed E-state index contributed by atoms with van der Waals surface area (Å²) in [6, 6.07) is 9.52. The summed E-state index contributed by atoms with van der Waals surface area (Å²) in [5, 5.41) is 0. The topological polar surface area (TPSA) is 35.5 Å². The first-order valence-electron chi connectivity index (χ1n) is 4.78. The molecule has 1 fully saturated rings. The van der Waals surface area contributed by atoms with Gasteiger partial charge in [-0.1, -0.05) is 36.9 Å². The van der Waals surface area contributed by atoms with Crippen molar-refractivity contribution in [3.05, 3.63) is 48.0 Å². The minimum atomic E-state index is -0.520. The summed E-state index contributed by atoms with van der Waals surface area (Å²) in [5.41, 5.74) is 1.27. The van der Waals surface area contributed by atoms with Crippen LogP contribution in [0.4, 0.5) is 0 Å². The van der Waals surface area contributed by atoms with Crippen molar-refractivity contribution in [2.24, 2.45) is 0 Å². The van der Waals surface area contributed by atoms with Crippen LogP contribution in [0, 0.1) is 0 Å². The van der Waals surface area contributed by atoms with Crippen molar-refractivity contribution < 1.29 is 14.3 Å². The Kier molecular flexibility index (Phi) is 2.56. The molecule has 1 heterocycles. The molecule has 0 radical (unpaired) electrons. The third-order valence-electron chi connectivity index (χ3n) is 2.28. The number of ether oxygens (including phenoxy) is 2. The molecule has 0 spiro atoms. The van der Waals surface area contributed by atoms with E-state index < -0.39 is 6.29 Å². The Morgan fingerprint density at radius 2 is 1.93 bits per heavy atom. The number of carbonyl (C=O) groups is 1. The lowest BCUT2D eigenvalue weighted by Gasteiger charge is -2.29. The van der Waals surface area contributed by atoms with Crippen molar-refractivity contribution in [1.82, 2.24) is 0 Å². The van der Waals surface area contributed by atoms with Gasteiger partial charge in [0.05, 0.1) is 5.57 Å². The Morgan fingerprint density at radius 3 is 2.60 bits per heavy atom. The van der Waals surface area contributed by atoms with Crippen molar-refractivity contribution in [2.75, 3.05) is 0 Å². The van der Waals surface area contributed by atoms with Gasteiger partial charge in [0.2, 0.25) is 6.29 Å². The molecule has 78 valence electrons. The Bertz CT molecular complexity index is 383. The molecule has 1 aliphatic heterocycles. The highest BCUT2D eigenvalue weighted by Gasteiger charge is 2.31. The first-order valence-corrected chi connectivity index (χ1v) is 4.78. The van der Waals surface area contributed by atoms with Crippen molar-refractivity contribution in [3.8, 4) is 0 Å². The normalized spacial score (nSPS) is 26.2. The Morgan fingerprint density at radius 1 is 1.27 bits per heavy atom. The Labute approximate surface area is 88.3 Å². The van der Waals surface area contributed by atoms with Gasteiger partial charge in [0, 0.05) is 0 Å². The van der Waals surface area contributed by atoms with Gasteiger partial charge in [-0.2, -0.15) is 0 Å². The molecule has 0 bridgehead atoms. The first kappa shape index (κ1) is 9.93. The molecular weight excluding hydrogens is 192 g/mol. The van der Waals surface area contributed by atoms with Gasteiger partial charge in [-0.05, 0) is 12.5 Å². The van der Waals surface area contributed by atoms with Crippen LogP contribution in [-0.4, -0.2) is 12.3 Å². The summed E-state index contributed by atoms with van der Waals surface area (Å²) in [7, 11) is 0. The van der Waals surface area contributed by atoms with Crippen molar-refractivity contribution in [1.29, 1.82) is 0 Å². The van der Waals surface area contributed by atoms with Crippen LogP contribution >= 0.6 is 0 Å². The van der Waals surface area contributed by atoms with E-state index in [1.807, 2.05) is 30.3 Å². The number of benzene rings is 1. The summed E-state index contributed by atoms with van der Waals surface area (Å²) in [6.07, 6.45) is -0.907. The predicted octanol–water partition coefficient (Wildman–Crippen LogP) is 2.20. The molecule has 3 heteroatoms. The van der Waals surface area contributed by atoms with E-state index in [0.717, 1.165) is 5.56 Å². The van der Waals surface area contributed by atoms with E-state index in [1.165, 1.54) is 0 Å². The second-order valence-corrected chi connectivity index (χ2v) is 3.42. The quantitative estimate of drug-likeness (QED) is 0.519. The van der Waals surface area contributed by atoms with E-state index in [0.29, 0.717) is 5.57 Å². The molecule has 0 aromatic heterocycles. The SMILES string of the molecule is C=C1C(=O)OC(C)OC1c1ccccc1. The molecule has 0 saturated carbocycles. The molecule has 15 heavy (non-hydrogen) atoms. The Balaban J connectivity index is 2.28.